The van der Waals surface area contributed by atoms with Gasteiger partial charge in [0.25, 0.3) is 5.91 Å². The number of aromatic nitrogens is 2. The summed E-state index contributed by atoms with van der Waals surface area (Å²) < 4.78 is 0.921. The molecule has 0 spiro atoms. The van der Waals surface area contributed by atoms with Crippen LogP contribution in [0.4, 0.5) is 5.69 Å². The number of anilines is 1. The van der Waals surface area contributed by atoms with Gasteiger partial charge in [-0.1, -0.05) is 19.1 Å². The zero-order chi connectivity index (χ0) is 18.8. The van der Waals surface area contributed by atoms with Crippen molar-refractivity contribution in [3.63, 3.8) is 0 Å². The molecule has 1 amide bonds. The molecular weight excluding hydrogens is 404 g/mol. The number of amides is 1. The molecule has 0 atom stereocenters. The molecule has 27 heavy (non-hydrogen) atoms. The lowest BCUT2D eigenvalue weighted by Gasteiger charge is -2.36. The van der Waals surface area contributed by atoms with Crippen molar-refractivity contribution < 1.29 is 4.79 Å². The number of hydrogen-bond donors (Lipinski definition) is 0. The topological polar surface area (TPSA) is 49.3 Å². The van der Waals surface area contributed by atoms with Gasteiger partial charge in [0, 0.05) is 48.6 Å². The Morgan fingerprint density at radius 1 is 1.07 bits per heavy atom. The minimum Gasteiger partial charge on any atom is -0.366 e. The van der Waals surface area contributed by atoms with E-state index >= 15 is 0 Å². The number of benzene rings is 1. The summed E-state index contributed by atoms with van der Waals surface area (Å²) in [5.41, 5.74) is 4.86. The molecule has 3 aromatic rings. The van der Waals surface area contributed by atoms with Crippen molar-refractivity contribution in [3.05, 3.63) is 64.4 Å². The Kier molecular flexibility index (Phi) is 5.07. The van der Waals surface area contributed by atoms with Gasteiger partial charge in [0.15, 0.2) is 0 Å². The maximum atomic E-state index is 12.8. The first-order chi connectivity index (χ1) is 13.2. The Hall–Kier alpha value is -2.47. The zero-order valence-electron chi connectivity index (χ0n) is 15.2. The van der Waals surface area contributed by atoms with Crippen LogP contribution >= 0.6 is 15.9 Å². The number of piperazine rings is 1. The van der Waals surface area contributed by atoms with Gasteiger partial charge in [-0.05, 0) is 52.2 Å². The SMILES string of the molecule is CCc1ccc(C(=O)N2CCN(c3ccnc4cc(Br)cnc34)CC2)cc1. The van der Waals surface area contributed by atoms with Gasteiger partial charge in [0.1, 0.15) is 5.52 Å². The van der Waals surface area contributed by atoms with Gasteiger partial charge >= 0.3 is 0 Å². The van der Waals surface area contributed by atoms with E-state index in [0.29, 0.717) is 13.1 Å². The molecule has 0 bridgehead atoms. The third-order valence-electron chi connectivity index (χ3n) is 5.04. The molecule has 1 saturated heterocycles. The lowest BCUT2D eigenvalue weighted by atomic mass is 10.1. The molecule has 6 heteroatoms. The van der Waals surface area contributed by atoms with Gasteiger partial charge in [0.05, 0.1) is 11.2 Å². The van der Waals surface area contributed by atoms with Crippen LogP contribution in [0.25, 0.3) is 11.0 Å². The summed E-state index contributed by atoms with van der Waals surface area (Å²) in [5.74, 6) is 0.110. The summed E-state index contributed by atoms with van der Waals surface area (Å²) in [6.45, 7) is 5.10. The Morgan fingerprint density at radius 2 is 1.81 bits per heavy atom. The highest BCUT2D eigenvalue weighted by Gasteiger charge is 2.23. The van der Waals surface area contributed by atoms with E-state index in [1.54, 1.807) is 6.20 Å². The summed E-state index contributed by atoms with van der Waals surface area (Å²) in [7, 11) is 0. The molecule has 3 heterocycles. The number of carbonyl (C=O) groups excluding carboxylic acids is 1. The van der Waals surface area contributed by atoms with Crippen LogP contribution in [0.1, 0.15) is 22.8 Å². The third-order valence-corrected chi connectivity index (χ3v) is 5.47. The van der Waals surface area contributed by atoms with E-state index in [1.165, 1.54) is 5.56 Å². The van der Waals surface area contributed by atoms with E-state index in [-0.39, 0.29) is 5.91 Å². The third kappa shape index (κ3) is 3.67. The number of carbonyl (C=O) groups is 1. The van der Waals surface area contributed by atoms with Gasteiger partial charge in [-0.15, -0.1) is 0 Å². The highest BCUT2D eigenvalue weighted by Crippen LogP contribution is 2.26. The smallest absolute Gasteiger partial charge is 0.253 e. The number of hydrogen-bond acceptors (Lipinski definition) is 4. The highest BCUT2D eigenvalue weighted by molar-refractivity contribution is 9.10. The summed E-state index contributed by atoms with van der Waals surface area (Å²) >= 11 is 3.45. The molecular formula is C21H21BrN4O. The molecule has 4 rings (SSSR count). The van der Waals surface area contributed by atoms with Crippen LogP contribution in [0.5, 0.6) is 0 Å². The van der Waals surface area contributed by atoms with Crippen molar-refractivity contribution in [1.29, 1.82) is 0 Å². The number of rotatable bonds is 3. The predicted molar refractivity (Wildman–Crippen MR) is 111 cm³/mol. The monoisotopic (exact) mass is 424 g/mol. The summed E-state index contributed by atoms with van der Waals surface area (Å²) in [5, 5.41) is 0. The van der Waals surface area contributed by atoms with Gasteiger partial charge in [0.2, 0.25) is 0 Å². The Balaban J connectivity index is 1.48. The van der Waals surface area contributed by atoms with E-state index in [2.05, 4.69) is 37.7 Å². The standard InChI is InChI=1S/C21H21BrN4O/c1-2-15-3-5-16(6-4-15)21(27)26-11-9-25(10-12-26)19-7-8-23-18-13-17(22)14-24-20(18)19/h3-8,13-14H,2,9-12H2,1H3. The fourth-order valence-electron chi connectivity index (χ4n) is 3.46. The summed E-state index contributed by atoms with van der Waals surface area (Å²) in [4.78, 5) is 25.9. The van der Waals surface area contributed by atoms with Crippen LogP contribution in [0, 0.1) is 0 Å². The number of nitrogens with zero attached hydrogens (tertiary/aromatic N) is 4. The van der Waals surface area contributed by atoms with Crippen molar-refractivity contribution in [2.45, 2.75) is 13.3 Å². The van der Waals surface area contributed by atoms with E-state index in [9.17, 15) is 4.79 Å². The number of aryl methyl sites for hydroxylation is 1. The van der Waals surface area contributed by atoms with Crippen molar-refractivity contribution in [1.82, 2.24) is 14.9 Å². The quantitative estimate of drug-likeness (QED) is 0.639. The largest absolute Gasteiger partial charge is 0.366 e. The van der Waals surface area contributed by atoms with E-state index in [0.717, 1.165) is 46.3 Å². The fraction of sp³-hybridized carbons (Fsp3) is 0.286. The minimum atomic E-state index is 0.110. The normalized spacial score (nSPS) is 14.6. The van der Waals surface area contributed by atoms with Gasteiger partial charge in [-0.2, -0.15) is 0 Å². The summed E-state index contributed by atoms with van der Waals surface area (Å²) in [6, 6.07) is 11.9. The van der Waals surface area contributed by atoms with Crippen LogP contribution in [0.3, 0.4) is 0 Å². The van der Waals surface area contributed by atoms with E-state index in [1.807, 2.05) is 47.5 Å². The van der Waals surface area contributed by atoms with E-state index < -0.39 is 0 Å². The van der Waals surface area contributed by atoms with Crippen LogP contribution in [0.15, 0.2) is 53.3 Å². The lowest BCUT2D eigenvalue weighted by Crippen LogP contribution is -2.48. The lowest BCUT2D eigenvalue weighted by molar-refractivity contribution is 0.0747. The molecule has 0 N–H and O–H groups in total. The first kappa shape index (κ1) is 17.9. The van der Waals surface area contributed by atoms with Crippen molar-refractivity contribution in [2.24, 2.45) is 0 Å². The molecule has 138 valence electrons. The van der Waals surface area contributed by atoms with Crippen molar-refractivity contribution in [2.75, 3.05) is 31.1 Å². The van der Waals surface area contributed by atoms with E-state index in [4.69, 9.17) is 0 Å². The molecule has 1 aliphatic heterocycles. The molecule has 1 aliphatic rings. The molecule has 0 unspecified atom stereocenters. The Bertz CT molecular complexity index is 966. The van der Waals surface area contributed by atoms with Crippen molar-refractivity contribution >= 4 is 38.6 Å². The van der Waals surface area contributed by atoms with Crippen LogP contribution < -0.4 is 4.90 Å². The second-order valence-electron chi connectivity index (χ2n) is 6.68. The molecule has 1 aromatic carbocycles. The first-order valence-electron chi connectivity index (χ1n) is 9.19. The van der Waals surface area contributed by atoms with Crippen molar-refractivity contribution in [3.8, 4) is 0 Å². The molecule has 5 nitrogen and oxygen atoms in total. The summed E-state index contributed by atoms with van der Waals surface area (Å²) in [6.07, 6.45) is 4.60. The Morgan fingerprint density at radius 3 is 2.52 bits per heavy atom. The predicted octanol–water partition coefficient (Wildman–Crippen LogP) is 3.92. The second kappa shape index (κ2) is 7.64. The number of pyridine rings is 2. The highest BCUT2D eigenvalue weighted by atomic mass is 79.9. The van der Waals surface area contributed by atoms with Crippen LogP contribution in [0.2, 0.25) is 0 Å². The fourth-order valence-corrected chi connectivity index (χ4v) is 3.78. The molecule has 1 fully saturated rings. The molecule has 2 aromatic heterocycles. The number of fused-ring (bicyclic) bond motifs is 1. The molecule has 0 radical (unpaired) electrons. The average Bonchev–Trinajstić information content (AvgIpc) is 2.73. The Labute approximate surface area is 167 Å². The molecule has 0 aliphatic carbocycles. The molecule has 0 saturated carbocycles. The van der Waals surface area contributed by atoms with Gasteiger partial charge in [-0.25, -0.2) is 0 Å². The number of halogens is 1. The maximum absolute atomic E-state index is 12.8. The second-order valence-corrected chi connectivity index (χ2v) is 7.60. The van der Waals surface area contributed by atoms with Gasteiger partial charge in [-0.3, -0.25) is 14.8 Å². The van der Waals surface area contributed by atoms with Crippen LogP contribution in [-0.4, -0.2) is 47.0 Å². The first-order valence-corrected chi connectivity index (χ1v) is 9.98. The zero-order valence-corrected chi connectivity index (χ0v) is 16.8. The van der Waals surface area contributed by atoms with Crippen LogP contribution in [-0.2, 0) is 6.42 Å². The average molecular weight is 425 g/mol. The maximum Gasteiger partial charge on any atom is 0.253 e. The minimum absolute atomic E-state index is 0.110. The van der Waals surface area contributed by atoms with Gasteiger partial charge < -0.3 is 9.80 Å².